The molecule has 1 aliphatic heterocycles. The fourth-order valence-electron chi connectivity index (χ4n) is 1.98. The lowest BCUT2D eigenvalue weighted by Crippen LogP contribution is -2.52. The smallest absolute Gasteiger partial charge is 0.331 e. The molecule has 1 saturated heterocycles. The van der Waals surface area contributed by atoms with Crippen LogP contribution in [0, 0.1) is 11.8 Å². The zero-order valence-electron chi connectivity index (χ0n) is 11.2. The Balaban J connectivity index is 2.78. The lowest BCUT2D eigenvalue weighted by Gasteiger charge is -2.37. The molecule has 0 aromatic carbocycles. The Morgan fingerprint density at radius 3 is 2.95 bits per heavy atom. The van der Waals surface area contributed by atoms with Crippen molar-refractivity contribution in [2.24, 2.45) is 0 Å². The van der Waals surface area contributed by atoms with Crippen LogP contribution in [0.1, 0.15) is 26.2 Å². The number of ether oxygens (including phenoxy) is 2. The number of aliphatic hydroxyl groups is 1. The van der Waals surface area contributed by atoms with Gasteiger partial charge < -0.3 is 19.5 Å². The second-order valence-corrected chi connectivity index (χ2v) is 4.16. The van der Waals surface area contributed by atoms with Gasteiger partial charge in [0, 0.05) is 6.42 Å². The maximum Gasteiger partial charge on any atom is 0.331 e. The number of hydrogen-bond acceptors (Lipinski definition) is 5. The van der Waals surface area contributed by atoms with Crippen LogP contribution in [0.15, 0.2) is 0 Å². The summed E-state index contributed by atoms with van der Waals surface area (Å²) in [5, 5.41) is 9.33. The summed E-state index contributed by atoms with van der Waals surface area (Å²) in [4.78, 5) is 24.5. The number of likely N-dealkylation sites (tertiary alicyclic amines) is 1. The Kier molecular flexibility index (Phi) is 6.33. The number of piperidine rings is 1. The van der Waals surface area contributed by atoms with E-state index in [2.05, 4.69) is 16.6 Å². The highest BCUT2D eigenvalue weighted by molar-refractivity contribution is 5.78. The van der Waals surface area contributed by atoms with Gasteiger partial charge in [-0.3, -0.25) is 4.79 Å². The third-order valence-corrected chi connectivity index (χ3v) is 2.93. The minimum atomic E-state index is -0.825. The fourth-order valence-corrected chi connectivity index (χ4v) is 1.98. The molecular formula is C13H19NO5. The molecule has 1 rings (SSSR count). The second kappa shape index (κ2) is 7.77. The summed E-state index contributed by atoms with van der Waals surface area (Å²) >= 11 is 0. The van der Waals surface area contributed by atoms with E-state index in [1.54, 1.807) is 6.92 Å². The van der Waals surface area contributed by atoms with Crippen LogP contribution in [0.25, 0.3) is 0 Å². The van der Waals surface area contributed by atoms with Crippen LogP contribution in [-0.4, -0.2) is 54.5 Å². The number of methoxy groups -OCH3 is 1. The molecule has 0 radical (unpaired) electrons. The molecule has 1 heterocycles. The van der Waals surface area contributed by atoms with Gasteiger partial charge in [0.1, 0.15) is 6.61 Å². The normalized spacial score (nSPS) is 20.5. The van der Waals surface area contributed by atoms with E-state index in [-0.39, 0.29) is 25.2 Å². The van der Waals surface area contributed by atoms with Crippen molar-refractivity contribution < 1.29 is 24.2 Å². The van der Waals surface area contributed by atoms with E-state index in [4.69, 9.17) is 4.74 Å². The predicted octanol–water partition coefficient (Wildman–Crippen LogP) is -0.101. The molecule has 0 saturated carbocycles. The van der Waals surface area contributed by atoms with Crippen molar-refractivity contribution in [2.45, 2.75) is 38.5 Å². The Bertz CT molecular complexity index is 384. The zero-order valence-corrected chi connectivity index (χ0v) is 11.2. The molecule has 19 heavy (non-hydrogen) atoms. The van der Waals surface area contributed by atoms with Crippen molar-refractivity contribution >= 4 is 11.9 Å². The van der Waals surface area contributed by atoms with Gasteiger partial charge in [0.25, 0.3) is 0 Å². The number of hydrogen-bond donors (Lipinski definition) is 1. The largest absolute Gasteiger partial charge is 0.467 e. The number of carbonyl (C=O) groups is 2. The van der Waals surface area contributed by atoms with Gasteiger partial charge in [0.15, 0.2) is 6.23 Å². The Hall–Kier alpha value is -1.58. The molecule has 2 atom stereocenters. The van der Waals surface area contributed by atoms with E-state index >= 15 is 0 Å². The van der Waals surface area contributed by atoms with Gasteiger partial charge in [0.05, 0.1) is 19.8 Å². The van der Waals surface area contributed by atoms with E-state index in [1.807, 2.05) is 0 Å². The minimum absolute atomic E-state index is 0.122. The Labute approximate surface area is 112 Å². The first kappa shape index (κ1) is 15.5. The summed E-state index contributed by atoms with van der Waals surface area (Å²) in [6.07, 6.45) is 1.02. The van der Waals surface area contributed by atoms with Crippen LogP contribution in [0.3, 0.4) is 0 Å². The van der Waals surface area contributed by atoms with Crippen molar-refractivity contribution in [1.29, 1.82) is 0 Å². The molecule has 0 aliphatic carbocycles. The molecule has 0 bridgehead atoms. The number of rotatable bonds is 5. The van der Waals surface area contributed by atoms with Crippen molar-refractivity contribution in [1.82, 2.24) is 4.90 Å². The molecule has 0 aromatic rings. The third-order valence-electron chi connectivity index (χ3n) is 2.93. The number of esters is 1. The molecule has 6 nitrogen and oxygen atoms in total. The maximum absolute atomic E-state index is 11.9. The van der Waals surface area contributed by atoms with E-state index in [9.17, 15) is 14.7 Å². The van der Waals surface area contributed by atoms with Gasteiger partial charge in [-0.05, 0) is 25.7 Å². The topological polar surface area (TPSA) is 76.1 Å². The predicted molar refractivity (Wildman–Crippen MR) is 66.8 cm³/mol. The fraction of sp³-hybridized carbons (Fsp3) is 0.692. The highest BCUT2D eigenvalue weighted by Gasteiger charge is 2.33. The summed E-state index contributed by atoms with van der Waals surface area (Å²) in [5.74, 6) is 4.75. The molecule has 2 unspecified atom stereocenters. The molecule has 1 aliphatic rings. The molecule has 1 amide bonds. The summed E-state index contributed by atoms with van der Waals surface area (Å²) in [6, 6.07) is -0.315. The number of amides is 1. The van der Waals surface area contributed by atoms with Gasteiger partial charge in [-0.2, -0.15) is 0 Å². The minimum Gasteiger partial charge on any atom is -0.467 e. The standard InChI is InChI=1S/C13H19NO5/c1-3-5-12(19-9-13(17)18-2)14-10(8-15)6-4-7-11(14)16/h10,12,15H,4,6-9H2,1-2H3. The first-order valence-electron chi connectivity index (χ1n) is 6.16. The highest BCUT2D eigenvalue weighted by Crippen LogP contribution is 2.21. The Morgan fingerprint density at radius 1 is 1.63 bits per heavy atom. The van der Waals surface area contributed by atoms with Crippen LogP contribution < -0.4 is 0 Å². The monoisotopic (exact) mass is 269 g/mol. The molecular weight excluding hydrogens is 250 g/mol. The van der Waals surface area contributed by atoms with Crippen molar-refractivity contribution in [3.05, 3.63) is 0 Å². The lowest BCUT2D eigenvalue weighted by molar-refractivity contribution is -0.161. The van der Waals surface area contributed by atoms with Crippen LogP contribution in [0.5, 0.6) is 0 Å². The Morgan fingerprint density at radius 2 is 2.37 bits per heavy atom. The number of aliphatic hydroxyl groups excluding tert-OH is 1. The van der Waals surface area contributed by atoms with Gasteiger partial charge >= 0.3 is 5.97 Å². The molecule has 1 fully saturated rings. The van der Waals surface area contributed by atoms with Crippen LogP contribution in [0.4, 0.5) is 0 Å². The van der Waals surface area contributed by atoms with Crippen LogP contribution in [0.2, 0.25) is 0 Å². The zero-order chi connectivity index (χ0) is 14.3. The average molecular weight is 269 g/mol. The van der Waals surface area contributed by atoms with Crippen molar-refractivity contribution in [3.63, 3.8) is 0 Å². The van der Waals surface area contributed by atoms with Gasteiger partial charge in [-0.1, -0.05) is 0 Å². The molecule has 1 N–H and O–H groups in total. The first-order valence-corrected chi connectivity index (χ1v) is 6.16. The van der Waals surface area contributed by atoms with Crippen molar-refractivity contribution in [2.75, 3.05) is 20.3 Å². The molecule has 0 aromatic heterocycles. The maximum atomic E-state index is 11.9. The second-order valence-electron chi connectivity index (χ2n) is 4.16. The number of carbonyl (C=O) groups excluding carboxylic acids is 2. The third kappa shape index (κ3) is 4.23. The summed E-state index contributed by atoms with van der Waals surface area (Å²) in [5.41, 5.74) is 0. The molecule has 106 valence electrons. The highest BCUT2D eigenvalue weighted by atomic mass is 16.6. The summed E-state index contributed by atoms with van der Waals surface area (Å²) in [7, 11) is 1.26. The van der Waals surface area contributed by atoms with Gasteiger partial charge in [-0.25, -0.2) is 4.79 Å². The quantitative estimate of drug-likeness (QED) is 0.557. The van der Waals surface area contributed by atoms with E-state index in [0.29, 0.717) is 12.8 Å². The van der Waals surface area contributed by atoms with E-state index in [1.165, 1.54) is 12.0 Å². The summed E-state index contributed by atoms with van der Waals surface area (Å²) < 4.78 is 9.80. The first-order chi connectivity index (χ1) is 9.13. The number of nitrogens with zero attached hydrogens (tertiary/aromatic N) is 1. The van der Waals surface area contributed by atoms with Crippen molar-refractivity contribution in [3.8, 4) is 11.8 Å². The summed E-state index contributed by atoms with van der Waals surface area (Å²) in [6.45, 7) is 1.20. The average Bonchev–Trinajstić information content (AvgIpc) is 2.43. The van der Waals surface area contributed by atoms with Crippen LogP contribution in [-0.2, 0) is 19.1 Å². The van der Waals surface area contributed by atoms with Gasteiger partial charge in [-0.15, -0.1) is 5.92 Å². The van der Waals surface area contributed by atoms with Gasteiger partial charge in [0.2, 0.25) is 5.91 Å². The SMILES string of the molecule is CC#CC(OCC(=O)OC)N1C(=O)CCCC1CO. The van der Waals surface area contributed by atoms with Crippen LogP contribution >= 0.6 is 0 Å². The molecule has 6 heteroatoms. The van der Waals surface area contributed by atoms with E-state index < -0.39 is 12.2 Å². The lowest BCUT2D eigenvalue weighted by atomic mass is 10.0. The van der Waals surface area contributed by atoms with E-state index in [0.717, 1.165) is 6.42 Å². The molecule has 0 spiro atoms.